The number of amides is 1. The number of carboxylic acids is 1. The number of carbonyl (C=O) groups is 2. The summed E-state index contributed by atoms with van der Waals surface area (Å²) >= 11 is 15.7. The molecule has 37 heavy (non-hydrogen) atoms. The minimum Gasteiger partial charge on any atom is -0.481 e. The predicted molar refractivity (Wildman–Crippen MR) is 148 cm³/mol. The molecule has 3 aromatic heterocycles. The zero-order chi connectivity index (χ0) is 25.7. The Bertz CT molecular complexity index is 1360. The number of halogens is 2. The van der Waals surface area contributed by atoms with Gasteiger partial charge in [0.05, 0.1) is 26.4 Å². The Morgan fingerprint density at radius 3 is 2.51 bits per heavy atom. The number of hydrogen-bond donors (Lipinski definition) is 3. The van der Waals surface area contributed by atoms with Gasteiger partial charge in [0.2, 0.25) is 0 Å². The maximum atomic E-state index is 13.1. The number of carboxylic acid groups (broad SMARTS) is 1. The quantitative estimate of drug-likeness (QED) is 0.391. The molecule has 6 heterocycles. The highest BCUT2D eigenvalue weighted by atomic mass is 35.5. The molecule has 0 saturated carbocycles. The van der Waals surface area contributed by atoms with Crippen molar-refractivity contribution in [2.45, 2.75) is 12.8 Å². The average Bonchev–Trinajstić information content (AvgIpc) is 3.43. The normalized spacial score (nSPS) is 19.0. The first-order valence-electron chi connectivity index (χ1n) is 12.0. The maximum Gasteiger partial charge on any atom is 0.306 e. The van der Waals surface area contributed by atoms with E-state index in [-0.39, 0.29) is 11.8 Å². The van der Waals surface area contributed by atoms with Crippen LogP contribution < -0.4 is 20.4 Å². The number of aliphatic carboxylic acids is 1. The van der Waals surface area contributed by atoms with Gasteiger partial charge in [-0.3, -0.25) is 14.9 Å². The van der Waals surface area contributed by atoms with Gasteiger partial charge in [-0.25, -0.2) is 9.97 Å². The molecule has 9 nitrogen and oxygen atoms in total. The Hall–Kier alpha value is -2.44. The molecule has 194 valence electrons. The molecule has 1 amide bonds. The second-order valence-corrected chi connectivity index (χ2v) is 12.6. The van der Waals surface area contributed by atoms with E-state index in [0.29, 0.717) is 57.9 Å². The van der Waals surface area contributed by atoms with E-state index in [0.717, 1.165) is 41.8 Å². The van der Waals surface area contributed by atoms with Crippen LogP contribution >= 0.6 is 45.9 Å². The predicted octanol–water partition coefficient (Wildman–Crippen LogP) is 4.54. The summed E-state index contributed by atoms with van der Waals surface area (Å²) in [5.74, 6) is -0.891. The fraction of sp³-hybridized carbons (Fsp3) is 0.417. The zero-order valence-electron chi connectivity index (χ0n) is 19.7. The van der Waals surface area contributed by atoms with Crippen LogP contribution in [-0.4, -0.2) is 66.2 Å². The highest BCUT2D eigenvalue weighted by Gasteiger charge is 2.48. The van der Waals surface area contributed by atoms with Gasteiger partial charge < -0.3 is 20.2 Å². The van der Waals surface area contributed by atoms with Crippen molar-refractivity contribution in [2.75, 3.05) is 54.4 Å². The number of hydrogen-bond acceptors (Lipinski definition) is 9. The SMILES string of the molecule is O=C(Nc1nc(-c2cc(Cl)cs2)c(N2CC3(CNC3)C2)s1)c1cnc(N2CCC(C(=O)O)CC2)c(Cl)c1. The lowest BCUT2D eigenvalue weighted by molar-refractivity contribution is -0.142. The van der Waals surface area contributed by atoms with E-state index in [1.54, 1.807) is 6.07 Å². The average molecular weight is 580 g/mol. The number of aromatic nitrogens is 2. The highest BCUT2D eigenvalue weighted by Crippen LogP contribution is 2.47. The van der Waals surface area contributed by atoms with E-state index in [9.17, 15) is 14.7 Å². The minimum atomic E-state index is -0.768. The van der Waals surface area contributed by atoms with Gasteiger partial charge >= 0.3 is 5.97 Å². The van der Waals surface area contributed by atoms with Gasteiger partial charge in [-0.15, -0.1) is 11.3 Å². The van der Waals surface area contributed by atoms with Gasteiger partial charge in [0, 0.05) is 56.3 Å². The minimum absolute atomic E-state index is 0.329. The Balaban J connectivity index is 1.18. The van der Waals surface area contributed by atoms with Crippen LogP contribution in [0.15, 0.2) is 23.7 Å². The van der Waals surface area contributed by atoms with E-state index in [1.165, 1.54) is 28.9 Å². The number of piperidine rings is 1. The molecule has 3 saturated heterocycles. The van der Waals surface area contributed by atoms with Crippen LogP contribution in [0.25, 0.3) is 10.6 Å². The summed E-state index contributed by atoms with van der Waals surface area (Å²) in [6.07, 6.45) is 2.57. The first kappa shape index (κ1) is 24.9. The van der Waals surface area contributed by atoms with Gasteiger partial charge in [0.15, 0.2) is 5.13 Å². The van der Waals surface area contributed by atoms with Gasteiger partial charge in [-0.05, 0) is 25.0 Å². The third-order valence-corrected chi connectivity index (χ3v) is 9.79. The van der Waals surface area contributed by atoms with E-state index in [4.69, 9.17) is 28.2 Å². The van der Waals surface area contributed by atoms with Gasteiger partial charge in [0.25, 0.3) is 5.91 Å². The molecule has 3 aromatic rings. The summed E-state index contributed by atoms with van der Waals surface area (Å²) < 4.78 is 0. The summed E-state index contributed by atoms with van der Waals surface area (Å²) in [5, 5.41) is 19.9. The van der Waals surface area contributed by atoms with Gasteiger partial charge in [-0.1, -0.05) is 34.5 Å². The van der Waals surface area contributed by atoms with E-state index >= 15 is 0 Å². The van der Waals surface area contributed by atoms with Crippen LogP contribution in [0.2, 0.25) is 10.0 Å². The number of rotatable bonds is 6. The lowest BCUT2D eigenvalue weighted by atomic mass is 9.74. The van der Waals surface area contributed by atoms with Crippen LogP contribution in [0.3, 0.4) is 0 Å². The lowest BCUT2D eigenvalue weighted by Crippen LogP contribution is -2.71. The molecule has 0 radical (unpaired) electrons. The molecule has 3 fully saturated rings. The van der Waals surface area contributed by atoms with Gasteiger partial charge in [0.1, 0.15) is 16.5 Å². The van der Waals surface area contributed by atoms with Crippen LogP contribution in [0.5, 0.6) is 0 Å². The number of anilines is 3. The van der Waals surface area contributed by atoms with Gasteiger partial charge in [-0.2, -0.15) is 0 Å². The molecule has 0 aliphatic carbocycles. The smallest absolute Gasteiger partial charge is 0.306 e. The molecule has 0 bridgehead atoms. The van der Waals surface area contributed by atoms with Crippen molar-refractivity contribution in [3.63, 3.8) is 0 Å². The Kier molecular flexibility index (Phi) is 6.52. The molecule has 3 N–H and O–H groups in total. The van der Waals surface area contributed by atoms with Crippen LogP contribution in [0.1, 0.15) is 23.2 Å². The monoisotopic (exact) mass is 578 g/mol. The largest absolute Gasteiger partial charge is 0.481 e. The topological polar surface area (TPSA) is 111 Å². The number of nitrogens with one attached hydrogen (secondary N) is 2. The van der Waals surface area contributed by atoms with E-state index in [1.807, 2.05) is 16.3 Å². The van der Waals surface area contributed by atoms with Crippen molar-refractivity contribution in [1.82, 2.24) is 15.3 Å². The Morgan fingerprint density at radius 1 is 1.16 bits per heavy atom. The Morgan fingerprint density at radius 2 is 1.92 bits per heavy atom. The molecule has 1 spiro atoms. The molecule has 3 aliphatic heterocycles. The third kappa shape index (κ3) is 4.79. The molecule has 0 atom stereocenters. The van der Waals surface area contributed by atoms with Crippen molar-refractivity contribution in [3.05, 3.63) is 39.3 Å². The first-order valence-corrected chi connectivity index (χ1v) is 14.4. The van der Waals surface area contributed by atoms with E-state index < -0.39 is 5.97 Å². The highest BCUT2D eigenvalue weighted by molar-refractivity contribution is 7.21. The number of carbonyl (C=O) groups excluding carboxylic acids is 1. The van der Waals surface area contributed by atoms with Crippen LogP contribution in [0.4, 0.5) is 16.0 Å². The van der Waals surface area contributed by atoms with Crippen molar-refractivity contribution >= 4 is 73.7 Å². The van der Waals surface area contributed by atoms with Crippen molar-refractivity contribution in [1.29, 1.82) is 0 Å². The summed E-state index contributed by atoms with van der Waals surface area (Å²) in [6.45, 7) is 5.11. The fourth-order valence-electron chi connectivity index (χ4n) is 5.08. The second-order valence-electron chi connectivity index (χ2n) is 9.84. The molecule has 6 rings (SSSR count). The van der Waals surface area contributed by atoms with Crippen molar-refractivity contribution < 1.29 is 14.7 Å². The number of nitrogens with zero attached hydrogens (tertiary/aromatic N) is 4. The van der Waals surface area contributed by atoms with Crippen molar-refractivity contribution in [3.8, 4) is 10.6 Å². The molecular weight excluding hydrogens is 555 g/mol. The number of pyridine rings is 1. The standard InChI is InChI=1S/C24H24Cl2N6O3S2/c25-15-6-17(36-8-15)18-21(32-11-24(12-32)9-27-10-24)37-23(29-18)30-20(33)14-5-16(26)19(28-7-14)31-3-1-13(2-4-31)22(34)35/h5-8,13,27H,1-4,9-12H2,(H,34,35)(H,29,30,33). The molecule has 0 aromatic carbocycles. The fourth-order valence-corrected chi connectivity index (χ4v) is 7.47. The van der Waals surface area contributed by atoms with Crippen molar-refractivity contribution in [2.24, 2.45) is 11.3 Å². The molecular formula is C24H24Cl2N6O3S2. The summed E-state index contributed by atoms with van der Waals surface area (Å²) in [6, 6.07) is 3.50. The third-order valence-electron chi connectivity index (χ3n) is 7.20. The molecule has 3 aliphatic rings. The first-order chi connectivity index (χ1) is 17.8. The molecule has 0 unspecified atom stereocenters. The van der Waals surface area contributed by atoms with Crippen LogP contribution in [0, 0.1) is 11.3 Å². The maximum absolute atomic E-state index is 13.1. The second kappa shape index (κ2) is 9.70. The Labute approximate surface area is 231 Å². The number of thiazole rings is 1. The summed E-state index contributed by atoms with van der Waals surface area (Å²) in [5.41, 5.74) is 1.51. The molecule has 13 heteroatoms. The van der Waals surface area contributed by atoms with Crippen LogP contribution in [-0.2, 0) is 4.79 Å². The zero-order valence-corrected chi connectivity index (χ0v) is 22.8. The summed E-state index contributed by atoms with van der Waals surface area (Å²) in [4.78, 5) is 38.7. The number of thiophene rings is 1. The van der Waals surface area contributed by atoms with E-state index in [2.05, 4.69) is 20.5 Å². The lowest BCUT2D eigenvalue weighted by Gasteiger charge is -2.56. The summed E-state index contributed by atoms with van der Waals surface area (Å²) in [7, 11) is 0.